The van der Waals surface area contributed by atoms with Gasteiger partial charge in [-0.25, -0.2) is 0 Å². The molecular formula is C64H104N4O18Si2. The molecule has 2 saturated heterocycles. The number of fused-ring (bicyclic) bond motifs is 2. The van der Waals surface area contributed by atoms with Crippen molar-refractivity contribution in [2.24, 2.45) is 23.7 Å². The van der Waals surface area contributed by atoms with Crippen molar-refractivity contribution in [1.29, 1.82) is 0 Å². The summed E-state index contributed by atoms with van der Waals surface area (Å²) in [6.07, 6.45) is 3.84. The van der Waals surface area contributed by atoms with Crippen LogP contribution in [-0.2, 0) is 72.8 Å². The first-order valence-electron chi connectivity index (χ1n) is 30.8. The molecule has 0 saturated carbocycles. The first kappa shape index (κ1) is 73.4. The molecule has 2 aromatic carbocycles. The van der Waals surface area contributed by atoms with Crippen LogP contribution in [0, 0.1) is 23.7 Å². The summed E-state index contributed by atoms with van der Waals surface area (Å²) in [6, 6.07) is -0.169. The van der Waals surface area contributed by atoms with Crippen molar-refractivity contribution < 1.29 is 85.7 Å². The highest BCUT2D eigenvalue weighted by atomic mass is 28.4. The van der Waals surface area contributed by atoms with Crippen LogP contribution in [0.15, 0.2) is 12.1 Å². The molecule has 2 unspecified atom stereocenters. The third kappa shape index (κ3) is 17.6. The summed E-state index contributed by atoms with van der Waals surface area (Å²) >= 11 is 0. The minimum atomic E-state index is -2.31. The first-order valence-corrected chi connectivity index (χ1v) is 36.6. The molecule has 0 aromatic heterocycles. The zero-order chi connectivity index (χ0) is 66.1. The number of aryl methyl sites for hydroxylation is 2. The highest BCUT2D eigenvalue weighted by Crippen LogP contribution is 2.47. The number of methoxy groups -OCH3 is 6. The zero-order valence-corrected chi connectivity index (χ0v) is 58.1. The van der Waals surface area contributed by atoms with E-state index in [0.29, 0.717) is 85.9 Å². The molecule has 2 aromatic rings. The van der Waals surface area contributed by atoms with Crippen LogP contribution in [0.25, 0.3) is 0 Å². The maximum atomic E-state index is 14.2. The van der Waals surface area contributed by atoms with Gasteiger partial charge in [-0.15, -0.1) is 0 Å². The summed E-state index contributed by atoms with van der Waals surface area (Å²) < 4.78 is 57.3. The molecule has 2 heterocycles. The predicted molar refractivity (Wildman–Crippen MR) is 338 cm³/mol. The molecule has 2 fully saturated rings. The van der Waals surface area contributed by atoms with Crippen LogP contribution in [0.2, 0.25) is 36.3 Å². The van der Waals surface area contributed by atoms with Crippen LogP contribution in [0.4, 0.5) is 0 Å². The second kappa shape index (κ2) is 30.2. The normalized spacial score (nSPS) is 21.1. The van der Waals surface area contributed by atoms with Gasteiger partial charge in [-0.05, 0) is 123 Å². The van der Waals surface area contributed by atoms with E-state index in [1.165, 1.54) is 14.2 Å². The van der Waals surface area contributed by atoms with E-state index in [4.69, 9.17) is 46.7 Å². The third-order valence-corrected chi connectivity index (χ3v) is 27.4. The van der Waals surface area contributed by atoms with Crippen molar-refractivity contribution in [1.82, 2.24) is 21.3 Å². The largest absolute Gasteiger partial charge is 0.493 e. The number of hydrogen-bond donors (Lipinski definition) is 6. The van der Waals surface area contributed by atoms with Crippen LogP contribution >= 0.6 is 0 Å². The molecule has 496 valence electrons. The summed E-state index contributed by atoms with van der Waals surface area (Å²) in [5.74, 6) is -0.00706. The summed E-state index contributed by atoms with van der Waals surface area (Å²) in [5.41, 5.74) is 1.37. The molecule has 6 rings (SSSR count). The van der Waals surface area contributed by atoms with Crippen molar-refractivity contribution in [3.63, 3.8) is 0 Å². The summed E-state index contributed by atoms with van der Waals surface area (Å²) in [5, 5.41) is 30.6. The molecule has 0 bridgehead atoms. The van der Waals surface area contributed by atoms with Crippen LogP contribution in [0.1, 0.15) is 117 Å². The summed E-state index contributed by atoms with van der Waals surface area (Å²) in [7, 11) is 4.83. The van der Waals surface area contributed by atoms with E-state index in [2.05, 4.69) is 89.0 Å². The molecular weight excluding hydrogens is 1170 g/mol. The maximum Gasteiger partial charge on any atom is 0.245 e. The smallest absolute Gasteiger partial charge is 0.245 e. The summed E-state index contributed by atoms with van der Waals surface area (Å²) in [6.45, 7) is 28.5. The van der Waals surface area contributed by atoms with Crippen molar-refractivity contribution in [3.05, 3.63) is 34.4 Å². The fraction of sp³-hybridized carbons (Fsp3) is 0.719. The standard InChI is InChI=1S/C38H66N2O9Si2.C26H38N2O9/c1-24(2)18-28(33(41)38(22-47-38)23-49-51(14,15)37(6,7)8)39-35(43)29(21-48-50(12,13)36(3,4)5)40-34(42)26-17-16-25-20-30(44-9)32(46-11)31(45-10)27(25)19-26;1-14(2)8-18(23(31)26(12-30)13-37-26)27-25(33)19(11-29)28-24(32)16-7-6-15-10-20(34-3)22(36-5)21(35-4)17(15)9-16/h20,24,26,28-29H,16-19,21-23H2,1-15H3,(H,39,43)(H,40,42);10,14,16,18-19,29-30H,6-9,11-13H2,1-5H3,(H,27,33)(H,28,32)/t26-,28-,29-,38?;16-,18-,19-,26?/m00/s1. The Morgan fingerprint density at radius 1 is 0.557 bits per heavy atom. The molecule has 22 nitrogen and oxygen atoms in total. The minimum Gasteiger partial charge on any atom is -0.493 e. The number of amides is 4. The van der Waals surface area contributed by atoms with E-state index in [1.54, 1.807) is 28.4 Å². The quantitative estimate of drug-likeness (QED) is 0.0366. The minimum absolute atomic E-state index is 0.00949. The van der Waals surface area contributed by atoms with Gasteiger partial charge in [0.1, 0.15) is 12.1 Å². The Labute approximate surface area is 523 Å². The number of carbonyl (C=O) groups excluding carboxylic acids is 6. The average molecular weight is 1270 g/mol. The second-order valence-corrected chi connectivity index (χ2v) is 37.3. The first-order chi connectivity index (χ1) is 41.1. The highest BCUT2D eigenvalue weighted by Gasteiger charge is 2.57. The van der Waals surface area contributed by atoms with E-state index in [-0.39, 0.29) is 65.9 Å². The Bertz CT molecular complexity index is 2790. The lowest BCUT2D eigenvalue weighted by molar-refractivity contribution is -0.135. The number of aliphatic hydroxyl groups excluding tert-OH is 2. The number of nitrogens with one attached hydrogen (secondary N) is 4. The fourth-order valence-corrected chi connectivity index (χ4v) is 12.6. The van der Waals surface area contributed by atoms with Gasteiger partial charge in [0.15, 0.2) is 62.4 Å². The number of aliphatic hydroxyl groups is 2. The third-order valence-electron chi connectivity index (χ3n) is 18.4. The van der Waals surface area contributed by atoms with E-state index in [0.717, 1.165) is 22.3 Å². The molecule has 88 heavy (non-hydrogen) atoms. The number of ketones is 2. The van der Waals surface area contributed by atoms with Gasteiger partial charge in [-0.3, -0.25) is 28.8 Å². The number of benzene rings is 2. The average Bonchev–Trinajstić information content (AvgIpc) is 2.67. The fourth-order valence-electron chi connectivity index (χ4n) is 10.6. The van der Waals surface area contributed by atoms with Gasteiger partial charge >= 0.3 is 0 Å². The molecule has 0 radical (unpaired) electrons. The van der Waals surface area contributed by atoms with Gasteiger partial charge in [0.25, 0.3) is 0 Å². The van der Waals surface area contributed by atoms with Gasteiger partial charge in [0.2, 0.25) is 35.1 Å². The van der Waals surface area contributed by atoms with Crippen LogP contribution in [-0.4, -0.2) is 180 Å². The van der Waals surface area contributed by atoms with Gasteiger partial charge in [-0.1, -0.05) is 69.2 Å². The lowest BCUT2D eigenvalue weighted by atomic mass is 9.82. The van der Waals surface area contributed by atoms with Crippen LogP contribution < -0.4 is 49.7 Å². The maximum absolute atomic E-state index is 14.2. The van der Waals surface area contributed by atoms with Crippen LogP contribution in [0.5, 0.6) is 34.5 Å². The topological polar surface area (TPSA) is 290 Å². The molecule has 4 amide bonds. The number of rotatable bonds is 30. The lowest BCUT2D eigenvalue weighted by Gasteiger charge is -2.38. The van der Waals surface area contributed by atoms with Crippen LogP contribution in [0.3, 0.4) is 0 Å². The predicted octanol–water partition coefficient (Wildman–Crippen LogP) is 6.37. The second-order valence-electron chi connectivity index (χ2n) is 27.7. The molecule has 24 heteroatoms. The molecule has 2 aliphatic carbocycles. The Kier molecular flexibility index (Phi) is 25.2. The number of Topliss-reactive ketones (excluding diaryl/α,β-unsaturated/α-hetero) is 2. The molecule has 6 N–H and O–H groups in total. The van der Waals surface area contributed by atoms with Crippen molar-refractivity contribution in [2.45, 2.75) is 192 Å². The lowest BCUT2D eigenvalue weighted by Crippen LogP contribution is -2.58. The Balaban J connectivity index is 0.000000337. The van der Waals surface area contributed by atoms with E-state index in [1.807, 2.05) is 39.8 Å². The molecule has 8 atom stereocenters. The SMILES string of the molecule is COc1cc2c(c(OC)c1OC)C[C@@H](C(=O)N[C@@H](CO)C(=O)N[C@@H](CC(C)C)C(=O)C1(CO)CO1)CC2.COc1cc2c(c(OC)c1OC)C[C@@H](C(=O)N[C@@H](CO[Si](C)(C)C(C)(C)C)C(=O)N[C@@H](CC(C)C)C(=O)C1(CO[Si](C)(C)C(C)(C)C)CO1)CC2. The molecule has 2 aliphatic heterocycles. The zero-order valence-electron chi connectivity index (χ0n) is 56.1. The number of epoxide rings is 2. The van der Waals surface area contributed by atoms with Gasteiger partial charge in [-0.2, -0.15) is 0 Å². The number of ether oxygens (including phenoxy) is 8. The van der Waals surface area contributed by atoms with Crippen molar-refractivity contribution in [2.75, 3.05) is 82.3 Å². The Morgan fingerprint density at radius 3 is 1.27 bits per heavy atom. The van der Waals surface area contributed by atoms with Gasteiger partial charge in [0, 0.05) is 23.0 Å². The van der Waals surface area contributed by atoms with Crippen molar-refractivity contribution >= 4 is 51.8 Å². The van der Waals surface area contributed by atoms with E-state index >= 15 is 0 Å². The van der Waals surface area contributed by atoms with E-state index in [9.17, 15) is 39.0 Å². The molecule has 0 spiro atoms. The van der Waals surface area contributed by atoms with Gasteiger partial charge in [0.05, 0.1) is 94.4 Å². The van der Waals surface area contributed by atoms with E-state index < -0.39 is 94.7 Å². The summed E-state index contributed by atoms with van der Waals surface area (Å²) in [4.78, 5) is 81.4. The number of carbonyl (C=O) groups is 6. The van der Waals surface area contributed by atoms with Crippen molar-refractivity contribution in [3.8, 4) is 34.5 Å². The van der Waals surface area contributed by atoms with Gasteiger partial charge < -0.3 is 78.2 Å². The monoisotopic (exact) mass is 1270 g/mol. The Hall–Kier alpha value is -5.35. The highest BCUT2D eigenvalue weighted by molar-refractivity contribution is 6.74. The molecule has 4 aliphatic rings. The number of hydrogen-bond acceptors (Lipinski definition) is 18. The Morgan fingerprint density at radius 2 is 0.932 bits per heavy atom.